The number of aliphatic hydroxyl groups is 1. The lowest BCUT2D eigenvalue weighted by molar-refractivity contribution is 0.0831. The highest BCUT2D eigenvalue weighted by Crippen LogP contribution is 2.50. The number of aliphatic hydroxyl groups excluding tert-OH is 1. The van der Waals surface area contributed by atoms with E-state index in [2.05, 4.69) is 16.0 Å². The van der Waals surface area contributed by atoms with E-state index in [9.17, 15) is 19.0 Å². The molecule has 1 heterocycles. The summed E-state index contributed by atoms with van der Waals surface area (Å²) in [5, 5.41) is 20.9. The van der Waals surface area contributed by atoms with Gasteiger partial charge in [-0.2, -0.15) is 0 Å². The molecule has 0 saturated carbocycles. The summed E-state index contributed by atoms with van der Waals surface area (Å²) >= 11 is 0. The molecule has 1 saturated heterocycles. The number of anilines is 2. The van der Waals surface area contributed by atoms with Gasteiger partial charge in [0.1, 0.15) is 0 Å². The Balaban J connectivity index is 1.49. The highest BCUT2D eigenvalue weighted by Gasteiger charge is 2.28. The number of benzene rings is 3. The van der Waals surface area contributed by atoms with E-state index >= 15 is 0 Å². The Labute approximate surface area is 262 Å². The second-order valence-electron chi connectivity index (χ2n) is 10.9. The Morgan fingerprint density at radius 1 is 1.02 bits per heavy atom. The van der Waals surface area contributed by atoms with Gasteiger partial charge in [0.05, 0.1) is 37.8 Å². The molecule has 2 unspecified atom stereocenters. The van der Waals surface area contributed by atoms with Gasteiger partial charge >= 0.3 is 0 Å². The number of carbonyl (C=O) groups is 1. The van der Waals surface area contributed by atoms with Crippen molar-refractivity contribution in [3.63, 3.8) is 0 Å². The molecule has 0 aromatic heterocycles. The predicted octanol–water partition coefficient (Wildman–Crippen LogP) is 4.94. The van der Waals surface area contributed by atoms with Crippen LogP contribution in [-0.2, 0) is 12.8 Å². The first-order valence-electron chi connectivity index (χ1n) is 15.1. The van der Waals surface area contributed by atoms with Crippen molar-refractivity contribution in [2.75, 3.05) is 55.8 Å². The van der Waals surface area contributed by atoms with Crippen LogP contribution < -0.4 is 29.7 Å². The summed E-state index contributed by atoms with van der Waals surface area (Å²) < 4.78 is 34.0. The first kappa shape index (κ1) is 33.4. The number of amides is 1. The van der Waals surface area contributed by atoms with E-state index in [4.69, 9.17) is 9.47 Å². The summed E-state index contributed by atoms with van der Waals surface area (Å²) in [5.74, 6) is 1.32. The largest absolute Gasteiger partial charge is 0.493 e. The van der Waals surface area contributed by atoms with Crippen LogP contribution in [0, 0.1) is 0 Å². The number of hydrogen-bond donors (Lipinski definition) is 6. The zero-order valence-corrected chi connectivity index (χ0v) is 26.6. The fourth-order valence-electron chi connectivity index (χ4n) is 5.47. The van der Waals surface area contributed by atoms with E-state index in [-0.39, 0.29) is 12.5 Å². The van der Waals surface area contributed by atoms with Gasteiger partial charge in [0.2, 0.25) is 0 Å². The van der Waals surface area contributed by atoms with Crippen molar-refractivity contribution in [1.82, 2.24) is 10.6 Å². The van der Waals surface area contributed by atoms with Crippen LogP contribution >= 0.6 is 10.8 Å². The van der Waals surface area contributed by atoms with Crippen LogP contribution in [0.1, 0.15) is 41.3 Å². The van der Waals surface area contributed by atoms with Crippen molar-refractivity contribution in [2.45, 2.75) is 44.8 Å². The third kappa shape index (κ3) is 8.80. The monoisotopic (exact) mass is 626 g/mol. The molecule has 0 aliphatic carbocycles. The minimum atomic E-state index is -2.96. The lowest BCUT2D eigenvalue weighted by Crippen LogP contribution is -2.49. The molecule has 11 heteroatoms. The van der Waals surface area contributed by atoms with Crippen LogP contribution in [0.5, 0.6) is 11.5 Å². The molecule has 0 radical (unpaired) electrons. The summed E-state index contributed by atoms with van der Waals surface area (Å²) in [7, 11) is 0.264. The highest BCUT2D eigenvalue weighted by atomic mass is 32.3. The van der Waals surface area contributed by atoms with Crippen molar-refractivity contribution in [3.05, 3.63) is 83.4 Å². The molecule has 6 N–H and O–H groups in total. The maximum Gasteiger partial charge on any atom is 0.251 e. The summed E-state index contributed by atoms with van der Waals surface area (Å²) in [4.78, 5) is 13.7. The molecular weight excluding hydrogens is 580 g/mol. The van der Waals surface area contributed by atoms with Crippen LogP contribution in [-0.4, -0.2) is 78.4 Å². The van der Waals surface area contributed by atoms with Gasteiger partial charge in [-0.15, -0.1) is 10.8 Å². The molecule has 3 aromatic carbocycles. The minimum Gasteiger partial charge on any atom is -0.493 e. The lowest BCUT2D eigenvalue weighted by atomic mass is 10.00. The minimum absolute atomic E-state index is 0.265. The van der Waals surface area contributed by atoms with Gasteiger partial charge < -0.3 is 30.5 Å². The normalized spacial score (nSPS) is 16.5. The summed E-state index contributed by atoms with van der Waals surface area (Å²) in [5.41, 5.74) is 3.66. The maximum absolute atomic E-state index is 13.7. The maximum atomic E-state index is 13.7. The molecular formula is C33H46N4O6S. The molecule has 10 nitrogen and oxygen atoms in total. The van der Waals surface area contributed by atoms with E-state index in [1.165, 1.54) is 0 Å². The number of nitrogens with zero attached hydrogens (tertiary/aromatic N) is 1. The van der Waals surface area contributed by atoms with Crippen molar-refractivity contribution >= 4 is 28.1 Å². The zero-order valence-electron chi connectivity index (χ0n) is 25.8. The van der Waals surface area contributed by atoms with Gasteiger partial charge in [0, 0.05) is 30.9 Å². The number of hydrogen-bond acceptors (Lipinski definition) is 9. The molecule has 1 aliphatic rings. The lowest BCUT2D eigenvalue weighted by Gasteiger charge is -2.47. The fraction of sp³-hybridized carbons (Fsp3) is 0.424. The molecule has 3 aromatic rings. The average molecular weight is 627 g/mol. The van der Waals surface area contributed by atoms with Crippen LogP contribution in [0.25, 0.3) is 0 Å². The summed E-state index contributed by atoms with van der Waals surface area (Å²) in [6.07, 6.45) is 1.81. The number of ether oxygens (including phenoxy) is 2. The molecule has 4 rings (SSSR count). The topological polar surface area (TPSA) is 136 Å². The molecule has 240 valence electrons. The zero-order chi connectivity index (χ0) is 31.5. The third-order valence-electron chi connectivity index (χ3n) is 7.72. The predicted molar refractivity (Wildman–Crippen MR) is 178 cm³/mol. The molecule has 1 fully saturated rings. The Bertz CT molecular complexity index is 1360. The molecule has 2 atom stereocenters. The van der Waals surface area contributed by atoms with Crippen molar-refractivity contribution in [2.24, 2.45) is 0 Å². The van der Waals surface area contributed by atoms with Crippen LogP contribution in [0.15, 0.2) is 66.7 Å². The van der Waals surface area contributed by atoms with Gasteiger partial charge in [-0.05, 0) is 74.5 Å². The first-order chi connectivity index (χ1) is 21.2. The number of rotatable bonds is 15. The Morgan fingerprint density at radius 2 is 1.82 bits per heavy atom. The third-order valence-corrected chi connectivity index (χ3v) is 9.66. The summed E-state index contributed by atoms with van der Waals surface area (Å²) in [6.45, 7) is 3.96. The second kappa shape index (κ2) is 16.0. The smallest absolute Gasteiger partial charge is 0.251 e. The van der Waals surface area contributed by atoms with Gasteiger partial charge in [-0.25, -0.2) is 0 Å². The Kier molecular flexibility index (Phi) is 12.2. The number of carbonyl (C=O) groups excluding carboxylic acids is 1. The van der Waals surface area contributed by atoms with Crippen LogP contribution in [0.3, 0.4) is 0 Å². The average Bonchev–Trinajstić information content (AvgIpc) is 3.02. The fourth-order valence-corrected chi connectivity index (χ4v) is 7.14. The Hall–Kier alpha value is -3.48. The first-order valence-corrected chi connectivity index (χ1v) is 16.8. The van der Waals surface area contributed by atoms with Crippen molar-refractivity contribution in [1.29, 1.82) is 0 Å². The van der Waals surface area contributed by atoms with E-state index in [0.717, 1.165) is 24.0 Å². The summed E-state index contributed by atoms with van der Waals surface area (Å²) in [6, 6.07) is 20.2. The molecule has 0 bridgehead atoms. The molecule has 1 amide bonds. The molecule has 44 heavy (non-hydrogen) atoms. The number of nitrogens with one attached hydrogen (secondary N) is 3. The molecule has 1 aliphatic heterocycles. The van der Waals surface area contributed by atoms with Crippen molar-refractivity contribution in [3.8, 4) is 11.5 Å². The standard InChI is InChI=1S/C33H46N4O6S/c1-4-35-27-20-26(21-28(22-27)37-17-8-9-18-44(37,40)41)33(39)36-29(19-24-11-6-5-7-12-24)30(38)23-34-16-15-25-13-10-14-31(42-2)32(25)43-3/h5-7,10-14,20-22,29-30,34-35,38,40-41H,4,8-9,15-19,23H2,1-3H3,(H,36,39). The van der Waals surface area contributed by atoms with Gasteiger partial charge in [0.15, 0.2) is 11.5 Å². The SMILES string of the molecule is CCNc1cc(C(=O)NC(Cc2ccccc2)C(O)CNCCc2cccc(OC)c2OC)cc(N2CCCCS2(O)O)c1. The van der Waals surface area contributed by atoms with E-state index in [1.54, 1.807) is 30.7 Å². The van der Waals surface area contributed by atoms with Gasteiger partial charge in [-0.1, -0.05) is 42.5 Å². The van der Waals surface area contributed by atoms with E-state index in [1.807, 2.05) is 61.5 Å². The van der Waals surface area contributed by atoms with Crippen LogP contribution in [0.2, 0.25) is 0 Å². The number of para-hydroxylation sites is 1. The van der Waals surface area contributed by atoms with Gasteiger partial charge in [0.25, 0.3) is 5.91 Å². The van der Waals surface area contributed by atoms with E-state index < -0.39 is 22.9 Å². The second-order valence-corrected chi connectivity index (χ2v) is 13.0. The quantitative estimate of drug-likeness (QED) is 0.130. The Morgan fingerprint density at radius 3 is 2.52 bits per heavy atom. The molecule has 0 spiro atoms. The van der Waals surface area contributed by atoms with Crippen molar-refractivity contribution < 1.29 is 28.5 Å². The van der Waals surface area contributed by atoms with Crippen LogP contribution in [0.4, 0.5) is 11.4 Å². The van der Waals surface area contributed by atoms with E-state index in [0.29, 0.717) is 66.7 Å². The number of methoxy groups -OCH3 is 2. The van der Waals surface area contributed by atoms with Gasteiger partial charge in [-0.3, -0.25) is 18.2 Å². The highest BCUT2D eigenvalue weighted by molar-refractivity contribution is 8.25.